The van der Waals surface area contributed by atoms with Crippen molar-refractivity contribution in [2.45, 2.75) is 44.1 Å². The first-order chi connectivity index (χ1) is 12.9. The minimum absolute atomic E-state index is 0.0119. The molecule has 0 bridgehead atoms. The Morgan fingerprint density at radius 3 is 2.78 bits per heavy atom. The van der Waals surface area contributed by atoms with Crippen LogP contribution in [0.4, 0.5) is 0 Å². The molecule has 8 heteroatoms. The van der Waals surface area contributed by atoms with Crippen LogP contribution in [0, 0.1) is 0 Å². The second-order valence-corrected chi connectivity index (χ2v) is 7.77. The number of morpholine rings is 1. The molecule has 1 aliphatic carbocycles. The van der Waals surface area contributed by atoms with E-state index in [9.17, 15) is 9.59 Å². The highest BCUT2D eigenvalue weighted by molar-refractivity contribution is 5.95. The van der Waals surface area contributed by atoms with E-state index in [-0.39, 0.29) is 18.6 Å². The monoisotopic (exact) mass is 378 g/mol. The predicted molar refractivity (Wildman–Crippen MR) is 99.8 cm³/mol. The number of carboxylic acids is 1. The predicted octanol–water partition coefficient (Wildman–Crippen LogP) is 1.33. The zero-order chi connectivity index (χ0) is 19.4. The molecule has 2 heterocycles. The second-order valence-electron chi connectivity index (χ2n) is 7.77. The van der Waals surface area contributed by atoms with E-state index in [2.05, 4.69) is 5.10 Å². The van der Waals surface area contributed by atoms with E-state index in [0.717, 1.165) is 18.5 Å². The van der Waals surface area contributed by atoms with Crippen LogP contribution in [0.5, 0.6) is 0 Å². The van der Waals surface area contributed by atoms with Crippen molar-refractivity contribution in [2.75, 3.05) is 39.8 Å². The van der Waals surface area contributed by atoms with Gasteiger partial charge in [0.15, 0.2) is 0 Å². The summed E-state index contributed by atoms with van der Waals surface area (Å²) in [7, 11) is 3.62. The van der Waals surface area contributed by atoms with Crippen LogP contribution in [0.1, 0.15) is 54.1 Å². The fourth-order valence-electron chi connectivity index (χ4n) is 4.18. The topological polar surface area (TPSA) is 87.9 Å². The van der Waals surface area contributed by atoms with Crippen molar-refractivity contribution in [3.05, 3.63) is 17.5 Å². The van der Waals surface area contributed by atoms with E-state index in [1.54, 1.807) is 16.6 Å². The zero-order valence-corrected chi connectivity index (χ0v) is 16.3. The molecule has 1 amide bonds. The molecule has 1 aromatic rings. The number of aryl methyl sites for hydroxylation is 1. The van der Waals surface area contributed by atoms with Crippen molar-refractivity contribution in [1.29, 1.82) is 0 Å². The highest BCUT2D eigenvalue weighted by Crippen LogP contribution is 2.34. The fraction of sp³-hybridized carbons (Fsp3) is 0.737. The average Bonchev–Trinajstić information content (AvgIpc) is 3.03. The van der Waals surface area contributed by atoms with Gasteiger partial charge in [-0.05, 0) is 19.9 Å². The molecule has 1 unspecified atom stereocenters. The average molecular weight is 378 g/mol. The lowest BCUT2D eigenvalue weighted by Crippen LogP contribution is -2.49. The van der Waals surface area contributed by atoms with E-state index >= 15 is 0 Å². The van der Waals surface area contributed by atoms with Crippen LogP contribution >= 0.6 is 0 Å². The van der Waals surface area contributed by atoms with Crippen LogP contribution in [0.3, 0.4) is 0 Å². The van der Waals surface area contributed by atoms with Gasteiger partial charge in [0.2, 0.25) is 0 Å². The number of likely N-dealkylation sites (N-methyl/N-ethyl adjacent to an activating group) is 1. The molecule has 1 saturated heterocycles. The second kappa shape index (κ2) is 8.84. The highest BCUT2D eigenvalue weighted by Gasteiger charge is 2.31. The maximum Gasteiger partial charge on any atom is 0.317 e. The Bertz CT molecular complexity index is 669. The molecule has 1 N–H and O–H groups in total. The molecule has 0 aromatic carbocycles. The molecule has 27 heavy (non-hydrogen) atoms. The lowest BCUT2D eigenvalue weighted by molar-refractivity contribution is -0.138. The first-order valence-corrected chi connectivity index (χ1v) is 9.78. The van der Waals surface area contributed by atoms with Crippen LogP contribution < -0.4 is 0 Å². The van der Waals surface area contributed by atoms with Crippen molar-refractivity contribution >= 4 is 11.9 Å². The molecule has 2 aliphatic rings. The molecule has 1 saturated carbocycles. The fourth-order valence-corrected chi connectivity index (χ4v) is 4.18. The summed E-state index contributed by atoms with van der Waals surface area (Å²) >= 11 is 0. The van der Waals surface area contributed by atoms with Gasteiger partial charge in [0.25, 0.3) is 5.91 Å². The number of aliphatic carboxylic acids is 1. The standard InChI is InChI=1S/C19H30N4O4/c1-21(13-17(24)25)10-15-11-23(8-9-27-15)19(26)16-12-22(2)20-18(16)14-6-4-3-5-7-14/h12,14-15H,3-11,13H2,1-2H3,(H,24,25). The normalized spacial score (nSPS) is 21.6. The molecule has 150 valence electrons. The van der Waals surface area contributed by atoms with Crippen LogP contribution in [0.2, 0.25) is 0 Å². The number of rotatable bonds is 6. The lowest BCUT2D eigenvalue weighted by atomic mass is 9.85. The summed E-state index contributed by atoms with van der Waals surface area (Å²) in [5, 5.41) is 13.5. The number of hydrogen-bond donors (Lipinski definition) is 1. The smallest absolute Gasteiger partial charge is 0.317 e. The van der Waals surface area contributed by atoms with E-state index in [0.29, 0.717) is 37.7 Å². The number of carbonyl (C=O) groups excluding carboxylic acids is 1. The summed E-state index contributed by atoms with van der Waals surface area (Å²) in [5.74, 6) is -0.482. The number of amides is 1. The largest absolute Gasteiger partial charge is 0.480 e. The van der Waals surface area contributed by atoms with Crippen LogP contribution in [0.25, 0.3) is 0 Å². The molecule has 1 aliphatic heterocycles. The number of carboxylic acid groups (broad SMARTS) is 1. The minimum Gasteiger partial charge on any atom is -0.480 e. The molecule has 3 rings (SSSR count). The summed E-state index contributed by atoms with van der Waals surface area (Å²) in [6, 6.07) is 0. The Morgan fingerprint density at radius 2 is 2.07 bits per heavy atom. The third-order valence-electron chi connectivity index (χ3n) is 5.43. The first kappa shape index (κ1) is 19.8. The first-order valence-electron chi connectivity index (χ1n) is 9.78. The van der Waals surface area contributed by atoms with Crippen LogP contribution in [0.15, 0.2) is 6.20 Å². The molecule has 0 radical (unpaired) electrons. The molecular formula is C19H30N4O4. The molecule has 1 aromatic heterocycles. The third kappa shape index (κ3) is 5.07. The van der Waals surface area contributed by atoms with Gasteiger partial charge in [-0.3, -0.25) is 19.2 Å². The Morgan fingerprint density at radius 1 is 1.33 bits per heavy atom. The number of aromatic nitrogens is 2. The van der Waals surface area contributed by atoms with Gasteiger partial charge in [0.05, 0.1) is 30.5 Å². The van der Waals surface area contributed by atoms with Gasteiger partial charge >= 0.3 is 5.97 Å². The van der Waals surface area contributed by atoms with Crippen molar-refractivity contribution in [1.82, 2.24) is 19.6 Å². The summed E-state index contributed by atoms with van der Waals surface area (Å²) in [5.41, 5.74) is 1.65. The third-order valence-corrected chi connectivity index (χ3v) is 5.43. The maximum atomic E-state index is 13.2. The summed E-state index contributed by atoms with van der Waals surface area (Å²) in [4.78, 5) is 27.6. The van der Waals surface area contributed by atoms with Gasteiger partial charge < -0.3 is 14.7 Å². The van der Waals surface area contributed by atoms with Crippen LogP contribution in [-0.4, -0.2) is 82.5 Å². The quantitative estimate of drug-likeness (QED) is 0.803. The van der Waals surface area contributed by atoms with Gasteiger partial charge in [-0.1, -0.05) is 19.3 Å². The van der Waals surface area contributed by atoms with Gasteiger partial charge in [-0.2, -0.15) is 5.10 Å². The van der Waals surface area contributed by atoms with E-state index in [4.69, 9.17) is 9.84 Å². The van der Waals surface area contributed by atoms with E-state index in [1.807, 2.05) is 18.1 Å². The Balaban J connectivity index is 1.67. The van der Waals surface area contributed by atoms with Crippen molar-refractivity contribution in [2.24, 2.45) is 7.05 Å². The van der Waals surface area contributed by atoms with Gasteiger partial charge in [-0.25, -0.2) is 0 Å². The summed E-state index contributed by atoms with van der Waals surface area (Å²) in [6.07, 6.45) is 7.53. The van der Waals surface area contributed by atoms with Crippen LogP contribution in [-0.2, 0) is 16.6 Å². The van der Waals surface area contributed by atoms with Gasteiger partial charge in [0.1, 0.15) is 0 Å². The summed E-state index contributed by atoms with van der Waals surface area (Å²) < 4.78 is 7.49. The molecule has 2 fully saturated rings. The Labute approximate surface area is 160 Å². The van der Waals surface area contributed by atoms with E-state index in [1.165, 1.54) is 19.3 Å². The summed E-state index contributed by atoms with van der Waals surface area (Å²) in [6.45, 7) is 1.94. The molecule has 8 nitrogen and oxygen atoms in total. The molecule has 1 atom stereocenters. The van der Waals surface area contributed by atoms with E-state index < -0.39 is 5.97 Å². The maximum absolute atomic E-state index is 13.2. The minimum atomic E-state index is -0.867. The zero-order valence-electron chi connectivity index (χ0n) is 16.3. The van der Waals surface area contributed by atoms with Crippen molar-refractivity contribution in [3.63, 3.8) is 0 Å². The lowest BCUT2D eigenvalue weighted by Gasteiger charge is -2.34. The molecular weight excluding hydrogens is 348 g/mol. The molecule has 0 spiro atoms. The highest BCUT2D eigenvalue weighted by atomic mass is 16.5. The SMILES string of the molecule is CN(CC(=O)O)CC1CN(C(=O)c2cn(C)nc2C2CCCCC2)CCO1. The number of hydrogen-bond acceptors (Lipinski definition) is 5. The number of nitrogens with zero attached hydrogens (tertiary/aromatic N) is 4. The van der Waals surface area contributed by atoms with Crippen molar-refractivity contribution in [3.8, 4) is 0 Å². The number of carbonyl (C=O) groups is 2. The number of ether oxygens (including phenoxy) is 1. The Kier molecular flexibility index (Phi) is 6.49. The van der Waals surface area contributed by atoms with Gasteiger partial charge in [0, 0.05) is 38.8 Å². The van der Waals surface area contributed by atoms with Gasteiger partial charge in [-0.15, -0.1) is 0 Å². The van der Waals surface area contributed by atoms with Crippen molar-refractivity contribution < 1.29 is 19.4 Å². The Hall–Kier alpha value is -1.93.